The first kappa shape index (κ1) is 23.0. The van der Waals surface area contributed by atoms with Crippen molar-refractivity contribution >= 4 is 45.7 Å². The molecule has 4 rings (SSSR count). The summed E-state index contributed by atoms with van der Waals surface area (Å²) < 4.78 is 7.01. The van der Waals surface area contributed by atoms with Gasteiger partial charge in [-0.15, -0.1) is 0 Å². The van der Waals surface area contributed by atoms with Gasteiger partial charge in [-0.2, -0.15) is 4.98 Å². The molecule has 1 fully saturated rings. The molecule has 0 bridgehead atoms. The van der Waals surface area contributed by atoms with Crippen LogP contribution in [-0.4, -0.2) is 40.0 Å². The first-order valence-electron chi connectivity index (χ1n) is 11.2. The highest BCUT2D eigenvalue weighted by Gasteiger charge is 2.20. The Bertz CT molecular complexity index is 1240. The van der Waals surface area contributed by atoms with Crippen molar-refractivity contribution in [2.45, 2.75) is 33.1 Å². The molecule has 0 spiro atoms. The molecule has 3 aromatic rings. The monoisotopic (exact) mass is 469 g/mol. The van der Waals surface area contributed by atoms with E-state index in [0.29, 0.717) is 29.1 Å². The van der Waals surface area contributed by atoms with Gasteiger partial charge in [-0.1, -0.05) is 25.4 Å². The maximum absolute atomic E-state index is 12.6. The molecular weight excluding hydrogens is 442 g/mol. The van der Waals surface area contributed by atoms with Crippen LogP contribution in [0.15, 0.2) is 35.3 Å². The van der Waals surface area contributed by atoms with Gasteiger partial charge in [-0.3, -0.25) is 9.59 Å². The minimum absolute atomic E-state index is 0.0649. The van der Waals surface area contributed by atoms with E-state index in [1.165, 1.54) is 11.0 Å². The largest absolute Gasteiger partial charge is 0.480 e. The number of fused-ring (bicyclic) bond motifs is 1. The molecule has 1 aromatic carbocycles. The van der Waals surface area contributed by atoms with E-state index in [0.717, 1.165) is 36.1 Å². The molecule has 1 aliphatic heterocycles. The Morgan fingerprint density at radius 3 is 2.91 bits per heavy atom. The maximum atomic E-state index is 12.6. The van der Waals surface area contributed by atoms with Crippen LogP contribution in [0.25, 0.3) is 10.9 Å². The molecule has 2 aromatic heterocycles. The van der Waals surface area contributed by atoms with E-state index in [1.54, 1.807) is 26.2 Å². The number of halogens is 1. The summed E-state index contributed by atoms with van der Waals surface area (Å²) in [6.07, 6.45) is 4.31. The zero-order chi connectivity index (χ0) is 23.5. The molecule has 1 atom stereocenters. The van der Waals surface area contributed by atoms with Crippen LogP contribution in [0.1, 0.15) is 33.1 Å². The Labute approximate surface area is 197 Å². The number of carbonyl (C=O) groups is 1. The lowest BCUT2D eigenvalue weighted by Gasteiger charge is -2.31. The van der Waals surface area contributed by atoms with Gasteiger partial charge in [-0.25, -0.2) is 4.98 Å². The van der Waals surface area contributed by atoms with E-state index in [9.17, 15) is 9.59 Å². The van der Waals surface area contributed by atoms with Gasteiger partial charge in [0.05, 0.1) is 11.7 Å². The molecule has 174 valence electrons. The summed E-state index contributed by atoms with van der Waals surface area (Å²) in [4.78, 5) is 35.5. The second-order valence-electron chi connectivity index (χ2n) is 8.51. The van der Waals surface area contributed by atoms with Crippen LogP contribution in [-0.2, 0) is 11.8 Å². The van der Waals surface area contributed by atoms with Gasteiger partial charge < -0.3 is 19.5 Å². The van der Waals surface area contributed by atoms with Crippen molar-refractivity contribution in [3.63, 3.8) is 0 Å². The molecule has 0 aliphatic carbocycles. The second kappa shape index (κ2) is 9.79. The zero-order valence-electron chi connectivity index (χ0n) is 19.1. The van der Waals surface area contributed by atoms with Gasteiger partial charge in [0.1, 0.15) is 11.6 Å². The number of benzene rings is 1. The van der Waals surface area contributed by atoms with Gasteiger partial charge in [-0.05, 0) is 43.0 Å². The van der Waals surface area contributed by atoms with Crippen molar-refractivity contribution in [2.24, 2.45) is 13.0 Å². The van der Waals surface area contributed by atoms with Crippen molar-refractivity contribution in [1.29, 1.82) is 0 Å². The summed E-state index contributed by atoms with van der Waals surface area (Å²) in [6, 6.07) is 7.27. The van der Waals surface area contributed by atoms with Crippen molar-refractivity contribution in [3.05, 3.63) is 45.8 Å². The third-order valence-corrected chi connectivity index (χ3v) is 6.18. The molecule has 0 amide bonds. The highest BCUT2D eigenvalue weighted by Crippen LogP contribution is 2.29. The second-order valence-corrected chi connectivity index (χ2v) is 8.92. The van der Waals surface area contributed by atoms with Crippen LogP contribution in [0.2, 0.25) is 5.02 Å². The number of anilines is 3. The summed E-state index contributed by atoms with van der Waals surface area (Å²) in [5, 5.41) is 4.49. The van der Waals surface area contributed by atoms with Gasteiger partial charge in [0.15, 0.2) is 17.4 Å². The van der Waals surface area contributed by atoms with Crippen molar-refractivity contribution < 1.29 is 9.53 Å². The number of hydrogen-bond donors (Lipinski definition) is 1. The molecule has 0 radical (unpaired) electrons. The third-order valence-electron chi connectivity index (χ3n) is 5.91. The lowest BCUT2D eigenvalue weighted by Crippen LogP contribution is -2.35. The van der Waals surface area contributed by atoms with E-state index < -0.39 is 0 Å². The summed E-state index contributed by atoms with van der Waals surface area (Å²) in [7, 11) is 1.68. The maximum Gasteiger partial charge on any atom is 0.293 e. The quantitative estimate of drug-likeness (QED) is 0.551. The molecule has 33 heavy (non-hydrogen) atoms. The van der Waals surface area contributed by atoms with Crippen LogP contribution in [0, 0.1) is 5.92 Å². The summed E-state index contributed by atoms with van der Waals surface area (Å²) >= 11 is 6.38. The average molecular weight is 470 g/mol. The Balaban J connectivity index is 1.62. The predicted octanol–water partition coefficient (Wildman–Crippen LogP) is 4.32. The first-order chi connectivity index (χ1) is 15.9. The third kappa shape index (κ3) is 5.11. The average Bonchev–Trinajstić information content (AvgIpc) is 2.81. The van der Waals surface area contributed by atoms with E-state index in [-0.39, 0.29) is 23.7 Å². The van der Waals surface area contributed by atoms with Crippen LogP contribution >= 0.6 is 11.6 Å². The SMILES string of the molecule is CCC(=O)COc1cc2cc(Nc3nc(N4CCC[C@@H](C)C4)ncc3Cl)ccc2n(C)c1=O. The van der Waals surface area contributed by atoms with Crippen LogP contribution in [0.4, 0.5) is 17.5 Å². The van der Waals surface area contributed by atoms with Gasteiger partial charge >= 0.3 is 0 Å². The Morgan fingerprint density at radius 1 is 1.33 bits per heavy atom. The number of Topliss-reactive ketones (excluding diaryl/α,β-unsaturated/α-hetero) is 1. The molecule has 9 heteroatoms. The number of piperidine rings is 1. The Kier molecular flexibility index (Phi) is 6.83. The van der Waals surface area contributed by atoms with Gasteiger partial charge in [0.25, 0.3) is 5.56 Å². The first-order valence-corrected chi connectivity index (χ1v) is 11.6. The number of aromatic nitrogens is 3. The number of ether oxygens (including phenoxy) is 1. The number of carbonyl (C=O) groups excluding carboxylic acids is 1. The lowest BCUT2D eigenvalue weighted by atomic mass is 10.0. The van der Waals surface area contributed by atoms with Gasteiger partial charge in [0, 0.05) is 37.6 Å². The van der Waals surface area contributed by atoms with Crippen LogP contribution in [0.3, 0.4) is 0 Å². The number of aryl methyl sites for hydroxylation is 1. The highest BCUT2D eigenvalue weighted by atomic mass is 35.5. The molecule has 0 saturated carbocycles. The van der Waals surface area contributed by atoms with E-state index in [1.807, 2.05) is 18.2 Å². The minimum atomic E-state index is -0.286. The number of nitrogens with zero attached hydrogens (tertiary/aromatic N) is 4. The molecular formula is C24H28ClN5O3. The molecule has 1 saturated heterocycles. The normalized spacial score (nSPS) is 16.1. The highest BCUT2D eigenvalue weighted by molar-refractivity contribution is 6.32. The predicted molar refractivity (Wildman–Crippen MR) is 131 cm³/mol. The molecule has 1 N–H and O–H groups in total. The van der Waals surface area contributed by atoms with Crippen molar-refractivity contribution in [2.75, 3.05) is 29.9 Å². The summed E-state index contributed by atoms with van der Waals surface area (Å²) in [6.45, 7) is 5.73. The standard InChI is InChI=1S/C24H28ClN5O3/c1-4-18(31)14-33-21-11-16-10-17(7-8-20(16)29(3)23(21)32)27-22-19(25)12-26-24(28-22)30-9-5-6-15(2)13-30/h7-8,10-12,15H,4-6,9,13-14H2,1-3H3,(H,26,27,28)/t15-/m1/s1. The molecule has 3 heterocycles. The Morgan fingerprint density at radius 2 is 2.15 bits per heavy atom. The topological polar surface area (TPSA) is 89.3 Å². The lowest BCUT2D eigenvalue weighted by molar-refractivity contribution is -0.120. The number of rotatable bonds is 7. The van der Waals surface area contributed by atoms with E-state index in [4.69, 9.17) is 16.3 Å². The van der Waals surface area contributed by atoms with E-state index >= 15 is 0 Å². The molecule has 8 nitrogen and oxygen atoms in total. The summed E-state index contributed by atoms with van der Waals surface area (Å²) in [5.41, 5.74) is 1.22. The molecule has 0 unspecified atom stereocenters. The fourth-order valence-electron chi connectivity index (χ4n) is 4.00. The fourth-order valence-corrected chi connectivity index (χ4v) is 4.14. The number of nitrogens with one attached hydrogen (secondary N) is 1. The van der Waals surface area contributed by atoms with Gasteiger partial charge in [0.2, 0.25) is 5.95 Å². The Hall–Kier alpha value is -3.13. The van der Waals surface area contributed by atoms with Crippen LogP contribution in [0.5, 0.6) is 5.75 Å². The summed E-state index contributed by atoms with van der Waals surface area (Å²) in [5.74, 6) is 1.86. The molecule has 1 aliphatic rings. The number of pyridine rings is 1. The minimum Gasteiger partial charge on any atom is -0.480 e. The smallest absolute Gasteiger partial charge is 0.293 e. The van der Waals surface area contributed by atoms with Crippen LogP contribution < -0.4 is 20.5 Å². The number of hydrogen-bond acceptors (Lipinski definition) is 7. The van der Waals surface area contributed by atoms with Crippen molar-refractivity contribution in [1.82, 2.24) is 14.5 Å². The van der Waals surface area contributed by atoms with E-state index in [2.05, 4.69) is 27.1 Å². The number of ketones is 1. The fraction of sp³-hybridized carbons (Fsp3) is 0.417. The zero-order valence-corrected chi connectivity index (χ0v) is 19.9. The van der Waals surface area contributed by atoms with Crippen molar-refractivity contribution in [3.8, 4) is 5.75 Å².